The molecule has 0 radical (unpaired) electrons. The fourth-order valence-electron chi connectivity index (χ4n) is 2.20. The molecule has 0 aromatic carbocycles. The molecule has 8 nitrogen and oxygen atoms in total. The van der Waals surface area contributed by atoms with Crippen molar-refractivity contribution in [2.75, 3.05) is 18.5 Å². The summed E-state index contributed by atoms with van der Waals surface area (Å²) in [6.45, 7) is 0.986. The number of nitrogens with two attached hydrogens (primary N) is 1. The van der Waals surface area contributed by atoms with Gasteiger partial charge in [0.2, 0.25) is 5.91 Å². The van der Waals surface area contributed by atoms with Crippen LogP contribution in [0.25, 0.3) is 5.82 Å². The molecule has 3 N–H and O–H groups in total. The number of ether oxygens (including phenoxy) is 1. The van der Waals surface area contributed by atoms with Gasteiger partial charge in [0.25, 0.3) is 0 Å². The summed E-state index contributed by atoms with van der Waals surface area (Å²) in [6.07, 6.45) is 5.54. The second-order valence-corrected chi connectivity index (χ2v) is 4.94. The Balaban J connectivity index is 1.83. The maximum Gasteiger partial charge on any atom is 0.244 e. The van der Waals surface area contributed by atoms with Crippen molar-refractivity contribution in [2.24, 2.45) is 5.73 Å². The monoisotopic (exact) mass is 288 g/mol. The number of pyridine rings is 1. The SMILES string of the molecule is NC1(C(=O)Nc2cccnc2-n2cncn2)CCOCC1. The molecule has 3 heterocycles. The van der Waals surface area contributed by atoms with Crippen LogP contribution >= 0.6 is 0 Å². The summed E-state index contributed by atoms with van der Waals surface area (Å²) >= 11 is 0. The average Bonchev–Trinajstić information content (AvgIpc) is 3.02. The lowest BCUT2D eigenvalue weighted by Crippen LogP contribution is -2.54. The Morgan fingerprint density at radius 3 is 2.95 bits per heavy atom. The maximum atomic E-state index is 12.4. The first kappa shape index (κ1) is 13.7. The number of amides is 1. The first-order valence-electron chi connectivity index (χ1n) is 6.67. The van der Waals surface area contributed by atoms with E-state index in [4.69, 9.17) is 10.5 Å². The molecule has 2 aromatic rings. The van der Waals surface area contributed by atoms with E-state index in [0.717, 1.165) is 0 Å². The highest BCUT2D eigenvalue weighted by atomic mass is 16.5. The lowest BCUT2D eigenvalue weighted by Gasteiger charge is -2.31. The summed E-state index contributed by atoms with van der Waals surface area (Å²) in [5.41, 5.74) is 5.81. The van der Waals surface area contributed by atoms with Gasteiger partial charge in [-0.15, -0.1) is 0 Å². The zero-order valence-electron chi connectivity index (χ0n) is 11.4. The molecule has 0 bridgehead atoms. The topological polar surface area (TPSA) is 108 Å². The van der Waals surface area contributed by atoms with Crippen LogP contribution < -0.4 is 11.1 Å². The summed E-state index contributed by atoms with van der Waals surface area (Å²) in [4.78, 5) is 20.5. The summed E-state index contributed by atoms with van der Waals surface area (Å²) in [5.74, 6) is 0.263. The van der Waals surface area contributed by atoms with E-state index in [1.165, 1.54) is 17.3 Å². The van der Waals surface area contributed by atoms with Crippen LogP contribution in [-0.4, -0.2) is 44.4 Å². The molecule has 2 aromatic heterocycles. The molecule has 1 fully saturated rings. The van der Waals surface area contributed by atoms with Crippen molar-refractivity contribution in [1.82, 2.24) is 19.7 Å². The smallest absolute Gasteiger partial charge is 0.244 e. The van der Waals surface area contributed by atoms with Gasteiger partial charge in [-0.2, -0.15) is 5.10 Å². The Kier molecular flexibility index (Phi) is 3.63. The Labute approximate surface area is 121 Å². The largest absolute Gasteiger partial charge is 0.381 e. The minimum Gasteiger partial charge on any atom is -0.381 e. The zero-order chi connectivity index (χ0) is 14.7. The third kappa shape index (κ3) is 2.76. The van der Waals surface area contributed by atoms with Crippen LogP contribution in [0.15, 0.2) is 31.0 Å². The second kappa shape index (κ2) is 5.58. The highest BCUT2D eigenvalue weighted by Crippen LogP contribution is 2.22. The van der Waals surface area contributed by atoms with Gasteiger partial charge in [-0.05, 0) is 25.0 Å². The number of rotatable bonds is 3. The van der Waals surface area contributed by atoms with Crippen molar-refractivity contribution in [2.45, 2.75) is 18.4 Å². The Morgan fingerprint density at radius 1 is 1.43 bits per heavy atom. The number of aromatic nitrogens is 4. The van der Waals surface area contributed by atoms with E-state index < -0.39 is 5.54 Å². The average molecular weight is 288 g/mol. The molecule has 0 saturated carbocycles. The number of nitrogens with zero attached hydrogens (tertiary/aromatic N) is 4. The second-order valence-electron chi connectivity index (χ2n) is 4.94. The van der Waals surface area contributed by atoms with Crippen LogP contribution in [0.5, 0.6) is 0 Å². The molecule has 1 aliphatic rings. The fraction of sp³-hybridized carbons (Fsp3) is 0.385. The van der Waals surface area contributed by atoms with Gasteiger partial charge in [0.05, 0.1) is 5.69 Å². The summed E-state index contributed by atoms with van der Waals surface area (Å²) in [5, 5.41) is 6.86. The van der Waals surface area contributed by atoms with E-state index >= 15 is 0 Å². The van der Waals surface area contributed by atoms with Crippen molar-refractivity contribution in [3.63, 3.8) is 0 Å². The van der Waals surface area contributed by atoms with Crippen LogP contribution in [0.3, 0.4) is 0 Å². The molecule has 21 heavy (non-hydrogen) atoms. The third-order valence-corrected chi connectivity index (χ3v) is 3.51. The standard InChI is InChI=1S/C13H16N6O2/c14-13(3-6-21-7-4-13)12(20)18-10-2-1-5-16-11(10)19-9-15-8-17-19/h1-2,5,8-9H,3-4,6-7,14H2,(H,18,20). The number of anilines is 1. The molecule has 1 aliphatic heterocycles. The Hall–Kier alpha value is -2.32. The van der Waals surface area contributed by atoms with Gasteiger partial charge in [-0.1, -0.05) is 0 Å². The molecule has 0 spiro atoms. The number of hydrogen-bond acceptors (Lipinski definition) is 6. The molecule has 1 amide bonds. The van der Waals surface area contributed by atoms with Crippen molar-refractivity contribution in [3.05, 3.63) is 31.0 Å². The zero-order valence-corrected chi connectivity index (χ0v) is 11.4. The lowest BCUT2D eigenvalue weighted by atomic mass is 9.90. The number of carbonyl (C=O) groups is 1. The molecular formula is C13H16N6O2. The third-order valence-electron chi connectivity index (χ3n) is 3.51. The van der Waals surface area contributed by atoms with Gasteiger partial charge < -0.3 is 15.8 Å². The van der Waals surface area contributed by atoms with Gasteiger partial charge in [-0.25, -0.2) is 14.6 Å². The van der Waals surface area contributed by atoms with Gasteiger partial charge in [0, 0.05) is 19.4 Å². The number of carbonyl (C=O) groups excluding carboxylic acids is 1. The van der Waals surface area contributed by atoms with E-state index in [2.05, 4.69) is 20.4 Å². The quantitative estimate of drug-likeness (QED) is 0.830. The predicted molar refractivity (Wildman–Crippen MR) is 74.8 cm³/mol. The summed E-state index contributed by atoms with van der Waals surface area (Å²) < 4.78 is 6.74. The molecule has 1 saturated heterocycles. The van der Waals surface area contributed by atoms with Crippen LogP contribution in [0.1, 0.15) is 12.8 Å². The molecule has 0 aliphatic carbocycles. The predicted octanol–water partition coefficient (Wildman–Crippen LogP) is 0.109. The van der Waals surface area contributed by atoms with E-state index in [9.17, 15) is 4.79 Å². The normalized spacial score (nSPS) is 17.4. The van der Waals surface area contributed by atoms with Crippen molar-refractivity contribution >= 4 is 11.6 Å². The highest BCUT2D eigenvalue weighted by molar-refractivity contribution is 5.99. The van der Waals surface area contributed by atoms with Gasteiger partial charge >= 0.3 is 0 Å². The van der Waals surface area contributed by atoms with Crippen molar-refractivity contribution in [3.8, 4) is 5.82 Å². The fourth-order valence-corrected chi connectivity index (χ4v) is 2.20. The van der Waals surface area contributed by atoms with Crippen molar-refractivity contribution < 1.29 is 9.53 Å². The highest BCUT2D eigenvalue weighted by Gasteiger charge is 2.36. The summed E-state index contributed by atoms with van der Waals surface area (Å²) in [6, 6.07) is 3.49. The summed E-state index contributed by atoms with van der Waals surface area (Å²) in [7, 11) is 0. The minimum atomic E-state index is -0.909. The van der Waals surface area contributed by atoms with Crippen LogP contribution in [-0.2, 0) is 9.53 Å². The number of hydrogen-bond donors (Lipinski definition) is 2. The van der Waals surface area contributed by atoms with E-state index in [1.54, 1.807) is 18.3 Å². The number of nitrogens with one attached hydrogen (secondary N) is 1. The van der Waals surface area contributed by atoms with E-state index in [-0.39, 0.29) is 5.91 Å². The molecule has 0 atom stereocenters. The minimum absolute atomic E-state index is 0.236. The van der Waals surface area contributed by atoms with Gasteiger partial charge in [-0.3, -0.25) is 4.79 Å². The molecule has 8 heteroatoms. The van der Waals surface area contributed by atoms with Gasteiger partial charge in [0.15, 0.2) is 5.82 Å². The lowest BCUT2D eigenvalue weighted by molar-refractivity contribution is -0.124. The molecule has 0 unspecified atom stereocenters. The Morgan fingerprint density at radius 2 is 2.24 bits per heavy atom. The van der Waals surface area contributed by atoms with E-state index in [1.807, 2.05) is 0 Å². The van der Waals surface area contributed by atoms with Crippen LogP contribution in [0.2, 0.25) is 0 Å². The van der Waals surface area contributed by atoms with Crippen LogP contribution in [0.4, 0.5) is 5.69 Å². The Bertz CT molecular complexity index is 621. The maximum absolute atomic E-state index is 12.4. The molecular weight excluding hydrogens is 272 g/mol. The first-order valence-corrected chi connectivity index (χ1v) is 6.67. The molecule has 110 valence electrons. The van der Waals surface area contributed by atoms with Gasteiger partial charge in [0.1, 0.15) is 18.2 Å². The molecule has 3 rings (SSSR count). The van der Waals surface area contributed by atoms with Crippen LogP contribution in [0, 0.1) is 0 Å². The van der Waals surface area contributed by atoms with E-state index in [0.29, 0.717) is 37.6 Å². The first-order chi connectivity index (χ1) is 10.2. The van der Waals surface area contributed by atoms with Crippen molar-refractivity contribution in [1.29, 1.82) is 0 Å².